The highest BCUT2D eigenvalue weighted by Crippen LogP contribution is 2.44. The smallest absolute Gasteiger partial charge is 0.118 e. The molecular weight excluding hydrogens is 246 g/mol. The molecule has 1 spiro atoms. The molecule has 0 amide bonds. The predicted molar refractivity (Wildman–Crippen MR) is 92.1 cm³/mol. The van der Waals surface area contributed by atoms with Gasteiger partial charge in [0.05, 0.1) is 6.61 Å². The molecule has 0 saturated carbocycles. The standard InChI is InChI=1S/C12H19NO.3C2H6/c1-4-11-10(2)12(9-14-11)5-7-13(3)8-6-12;3*1-2/h4H,1,5-9H2,2-3H3;3*1-2H3. The molecule has 0 aromatic heterocycles. The van der Waals surface area contributed by atoms with Crippen LogP contribution in [0.4, 0.5) is 0 Å². The quantitative estimate of drug-likeness (QED) is 0.650. The Bertz CT molecular complexity index is 273. The highest BCUT2D eigenvalue weighted by Gasteiger charge is 2.41. The van der Waals surface area contributed by atoms with Crippen molar-refractivity contribution in [3.8, 4) is 0 Å². The van der Waals surface area contributed by atoms with E-state index in [1.807, 2.05) is 47.6 Å². The molecule has 1 fully saturated rings. The lowest BCUT2D eigenvalue weighted by molar-refractivity contribution is 0.0995. The van der Waals surface area contributed by atoms with Gasteiger partial charge in [0.1, 0.15) is 5.76 Å². The van der Waals surface area contributed by atoms with Crippen LogP contribution in [-0.4, -0.2) is 31.6 Å². The van der Waals surface area contributed by atoms with Crippen molar-refractivity contribution in [3.63, 3.8) is 0 Å². The first-order valence-electron chi connectivity index (χ1n) is 8.33. The summed E-state index contributed by atoms with van der Waals surface area (Å²) in [6.07, 6.45) is 4.31. The van der Waals surface area contributed by atoms with Crippen molar-refractivity contribution in [2.24, 2.45) is 5.41 Å². The summed E-state index contributed by atoms with van der Waals surface area (Å²) in [4.78, 5) is 2.39. The average molecular weight is 284 g/mol. The van der Waals surface area contributed by atoms with E-state index in [4.69, 9.17) is 4.74 Å². The molecule has 1 saturated heterocycles. The largest absolute Gasteiger partial charge is 0.493 e. The van der Waals surface area contributed by atoms with Crippen LogP contribution in [0.2, 0.25) is 0 Å². The number of allylic oxidation sites excluding steroid dienone is 1. The summed E-state index contributed by atoms with van der Waals surface area (Å²) < 4.78 is 5.69. The molecule has 0 atom stereocenters. The summed E-state index contributed by atoms with van der Waals surface area (Å²) in [6.45, 7) is 21.2. The lowest BCUT2D eigenvalue weighted by atomic mass is 9.74. The van der Waals surface area contributed by atoms with Crippen LogP contribution in [0.1, 0.15) is 61.3 Å². The predicted octanol–water partition coefficient (Wildman–Crippen LogP) is 5.27. The summed E-state index contributed by atoms with van der Waals surface area (Å²) in [7, 11) is 2.19. The van der Waals surface area contributed by atoms with Gasteiger partial charge in [-0.2, -0.15) is 0 Å². The Kier molecular flexibility index (Phi) is 12.9. The van der Waals surface area contributed by atoms with E-state index in [1.165, 1.54) is 31.5 Å². The first-order valence-corrected chi connectivity index (χ1v) is 8.33. The number of rotatable bonds is 1. The monoisotopic (exact) mass is 283 g/mol. The number of likely N-dealkylation sites (tertiary alicyclic amines) is 1. The van der Waals surface area contributed by atoms with E-state index in [-0.39, 0.29) is 0 Å². The summed E-state index contributed by atoms with van der Waals surface area (Å²) >= 11 is 0. The van der Waals surface area contributed by atoms with Crippen molar-refractivity contribution in [1.29, 1.82) is 0 Å². The first kappa shape index (κ1) is 21.5. The van der Waals surface area contributed by atoms with Crippen LogP contribution in [0.5, 0.6) is 0 Å². The third-order valence-electron chi connectivity index (χ3n) is 3.80. The van der Waals surface area contributed by atoms with Gasteiger partial charge < -0.3 is 9.64 Å². The molecule has 0 N–H and O–H groups in total. The fraction of sp³-hybridized carbons (Fsp3) is 0.778. The van der Waals surface area contributed by atoms with Crippen molar-refractivity contribution in [2.75, 3.05) is 26.7 Å². The van der Waals surface area contributed by atoms with Crippen molar-refractivity contribution in [3.05, 3.63) is 24.0 Å². The Morgan fingerprint density at radius 2 is 1.50 bits per heavy atom. The average Bonchev–Trinajstić information content (AvgIpc) is 2.85. The fourth-order valence-electron chi connectivity index (χ4n) is 2.47. The number of ether oxygens (including phenoxy) is 1. The molecule has 2 rings (SSSR count). The lowest BCUT2D eigenvalue weighted by Gasteiger charge is -2.37. The summed E-state index contributed by atoms with van der Waals surface area (Å²) in [5, 5.41) is 0. The Balaban J connectivity index is 0. The molecule has 0 unspecified atom stereocenters. The van der Waals surface area contributed by atoms with Crippen LogP contribution in [0.15, 0.2) is 24.0 Å². The molecule has 120 valence electrons. The van der Waals surface area contributed by atoms with E-state index >= 15 is 0 Å². The maximum absolute atomic E-state index is 5.69. The number of piperidine rings is 1. The van der Waals surface area contributed by atoms with Gasteiger partial charge in [0.15, 0.2) is 0 Å². The number of hydrogen-bond acceptors (Lipinski definition) is 2. The topological polar surface area (TPSA) is 12.5 Å². The van der Waals surface area contributed by atoms with Crippen LogP contribution in [0.3, 0.4) is 0 Å². The van der Waals surface area contributed by atoms with Crippen LogP contribution >= 0.6 is 0 Å². The zero-order chi connectivity index (χ0) is 16.2. The van der Waals surface area contributed by atoms with Crippen molar-refractivity contribution in [2.45, 2.75) is 61.3 Å². The van der Waals surface area contributed by atoms with E-state index in [1.54, 1.807) is 0 Å². The third-order valence-corrected chi connectivity index (χ3v) is 3.80. The Morgan fingerprint density at radius 3 is 1.85 bits per heavy atom. The van der Waals surface area contributed by atoms with Gasteiger partial charge in [0, 0.05) is 5.41 Å². The van der Waals surface area contributed by atoms with Crippen molar-refractivity contribution in [1.82, 2.24) is 4.90 Å². The molecule has 0 radical (unpaired) electrons. The van der Waals surface area contributed by atoms with Gasteiger partial charge in [-0.25, -0.2) is 0 Å². The molecule has 0 aliphatic carbocycles. The second-order valence-corrected chi connectivity index (χ2v) is 4.57. The highest BCUT2D eigenvalue weighted by molar-refractivity contribution is 5.28. The number of nitrogens with zero attached hydrogens (tertiary/aromatic N) is 1. The summed E-state index contributed by atoms with van der Waals surface area (Å²) in [6, 6.07) is 0. The maximum Gasteiger partial charge on any atom is 0.118 e. The SMILES string of the molecule is C=CC1=C(C)C2(CCN(C)CC2)CO1.CC.CC.CC. The molecule has 0 bridgehead atoms. The molecule has 2 aliphatic rings. The summed E-state index contributed by atoms with van der Waals surface area (Å²) in [5.74, 6) is 1.02. The molecule has 2 aliphatic heterocycles. The molecule has 20 heavy (non-hydrogen) atoms. The first-order chi connectivity index (χ1) is 9.68. The van der Waals surface area contributed by atoms with Crippen LogP contribution in [0, 0.1) is 5.41 Å². The summed E-state index contributed by atoms with van der Waals surface area (Å²) in [5.41, 5.74) is 1.75. The minimum Gasteiger partial charge on any atom is -0.493 e. The molecular formula is C18H37NO. The Labute approximate surface area is 127 Å². The minimum atomic E-state index is 0.329. The third kappa shape index (κ3) is 5.32. The van der Waals surface area contributed by atoms with Gasteiger partial charge in [-0.05, 0) is 51.6 Å². The lowest BCUT2D eigenvalue weighted by Crippen LogP contribution is -2.39. The van der Waals surface area contributed by atoms with E-state index in [9.17, 15) is 0 Å². The Morgan fingerprint density at radius 1 is 1.05 bits per heavy atom. The van der Waals surface area contributed by atoms with Gasteiger partial charge >= 0.3 is 0 Å². The van der Waals surface area contributed by atoms with E-state index < -0.39 is 0 Å². The van der Waals surface area contributed by atoms with E-state index in [0.29, 0.717) is 5.41 Å². The van der Waals surface area contributed by atoms with E-state index in [2.05, 4.69) is 25.5 Å². The zero-order valence-electron chi connectivity index (χ0n) is 15.2. The van der Waals surface area contributed by atoms with Gasteiger partial charge in [-0.15, -0.1) is 0 Å². The van der Waals surface area contributed by atoms with Gasteiger partial charge in [0.2, 0.25) is 0 Å². The van der Waals surface area contributed by atoms with Crippen LogP contribution < -0.4 is 0 Å². The molecule has 2 heterocycles. The minimum absolute atomic E-state index is 0.329. The maximum atomic E-state index is 5.69. The molecule has 2 nitrogen and oxygen atoms in total. The Hall–Kier alpha value is -0.760. The van der Waals surface area contributed by atoms with Crippen molar-refractivity contribution < 1.29 is 4.74 Å². The zero-order valence-corrected chi connectivity index (χ0v) is 15.2. The molecule has 0 aromatic rings. The van der Waals surface area contributed by atoms with Crippen LogP contribution in [-0.2, 0) is 4.74 Å². The molecule has 0 aromatic carbocycles. The number of hydrogen-bond donors (Lipinski definition) is 0. The van der Waals surface area contributed by atoms with Crippen molar-refractivity contribution >= 4 is 0 Å². The second kappa shape index (κ2) is 12.0. The molecule has 2 heteroatoms. The van der Waals surface area contributed by atoms with Gasteiger partial charge in [-0.3, -0.25) is 0 Å². The second-order valence-electron chi connectivity index (χ2n) is 4.57. The van der Waals surface area contributed by atoms with Crippen LogP contribution in [0.25, 0.3) is 0 Å². The fourth-order valence-corrected chi connectivity index (χ4v) is 2.47. The van der Waals surface area contributed by atoms with Gasteiger partial charge in [-0.1, -0.05) is 48.1 Å². The normalized spacial score (nSPS) is 19.6. The van der Waals surface area contributed by atoms with E-state index in [0.717, 1.165) is 12.4 Å². The highest BCUT2D eigenvalue weighted by atomic mass is 16.5. The van der Waals surface area contributed by atoms with Gasteiger partial charge in [0.25, 0.3) is 0 Å².